The number of nitrogens with zero attached hydrogens (tertiary/aromatic N) is 4. The van der Waals surface area contributed by atoms with Crippen LogP contribution in [0.1, 0.15) is 17.5 Å². The molecule has 0 atom stereocenters. The molecular formula is C19H18N6O. The second kappa shape index (κ2) is 6.79. The van der Waals surface area contributed by atoms with E-state index in [4.69, 9.17) is 0 Å². The van der Waals surface area contributed by atoms with E-state index in [9.17, 15) is 4.79 Å². The van der Waals surface area contributed by atoms with Gasteiger partial charge >= 0.3 is 0 Å². The number of H-pyrrole nitrogens is 1. The van der Waals surface area contributed by atoms with Crippen molar-refractivity contribution in [2.45, 2.75) is 19.8 Å². The molecule has 0 aliphatic rings. The zero-order chi connectivity index (χ0) is 17.9. The summed E-state index contributed by atoms with van der Waals surface area (Å²) in [7, 11) is 0. The van der Waals surface area contributed by atoms with Crippen molar-refractivity contribution in [3.63, 3.8) is 0 Å². The van der Waals surface area contributed by atoms with Crippen LogP contribution < -0.4 is 5.32 Å². The van der Waals surface area contributed by atoms with Crippen molar-refractivity contribution in [2.75, 3.05) is 5.32 Å². The molecule has 1 amide bonds. The van der Waals surface area contributed by atoms with Gasteiger partial charge in [0.25, 0.3) is 0 Å². The first kappa shape index (κ1) is 16.0. The van der Waals surface area contributed by atoms with Gasteiger partial charge in [0.2, 0.25) is 5.91 Å². The van der Waals surface area contributed by atoms with Gasteiger partial charge in [-0.2, -0.15) is 0 Å². The number of aryl methyl sites for hydroxylation is 2. The fraction of sp³-hybridized carbons (Fsp3) is 0.158. The normalized spacial score (nSPS) is 11.0. The molecule has 2 N–H and O–H groups in total. The van der Waals surface area contributed by atoms with E-state index in [1.165, 1.54) is 6.33 Å². The maximum Gasteiger partial charge on any atom is 0.224 e. The van der Waals surface area contributed by atoms with Gasteiger partial charge in [0.15, 0.2) is 0 Å². The summed E-state index contributed by atoms with van der Waals surface area (Å²) in [6.45, 7) is 1.97. The molecule has 2 aromatic heterocycles. The maximum absolute atomic E-state index is 12.4. The van der Waals surface area contributed by atoms with Crippen molar-refractivity contribution in [2.24, 2.45) is 0 Å². The Morgan fingerprint density at radius 2 is 2.12 bits per heavy atom. The lowest BCUT2D eigenvalue weighted by Gasteiger charge is -2.09. The number of aromatic amines is 1. The molecule has 0 fully saturated rings. The summed E-state index contributed by atoms with van der Waals surface area (Å²) in [6, 6.07) is 13.8. The molecule has 0 unspecified atom stereocenters. The first-order valence-corrected chi connectivity index (χ1v) is 8.39. The third kappa shape index (κ3) is 3.19. The lowest BCUT2D eigenvalue weighted by atomic mass is 10.1. The van der Waals surface area contributed by atoms with Crippen molar-refractivity contribution >= 4 is 22.5 Å². The largest absolute Gasteiger partial charge is 0.361 e. The van der Waals surface area contributed by atoms with E-state index in [-0.39, 0.29) is 5.91 Å². The Bertz CT molecular complexity index is 1050. The molecule has 130 valence electrons. The molecule has 26 heavy (non-hydrogen) atoms. The van der Waals surface area contributed by atoms with Crippen LogP contribution in [0.5, 0.6) is 0 Å². The van der Waals surface area contributed by atoms with Crippen LogP contribution in [0.4, 0.5) is 5.69 Å². The van der Waals surface area contributed by atoms with Crippen LogP contribution >= 0.6 is 0 Å². The van der Waals surface area contributed by atoms with Crippen LogP contribution in [-0.4, -0.2) is 31.1 Å². The van der Waals surface area contributed by atoms with Crippen LogP contribution in [0.3, 0.4) is 0 Å². The van der Waals surface area contributed by atoms with Crippen LogP contribution in [0, 0.1) is 6.92 Å². The van der Waals surface area contributed by atoms with E-state index in [1.54, 1.807) is 4.68 Å². The van der Waals surface area contributed by atoms with Crippen LogP contribution in [0.2, 0.25) is 0 Å². The highest BCUT2D eigenvalue weighted by Gasteiger charge is 2.09. The number of fused-ring (bicyclic) bond motifs is 1. The maximum atomic E-state index is 12.4. The number of carbonyl (C=O) groups excluding carboxylic acids is 1. The zero-order valence-electron chi connectivity index (χ0n) is 14.3. The van der Waals surface area contributed by atoms with Gasteiger partial charge in [-0.15, -0.1) is 5.10 Å². The second-order valence-corrected chi connectivity index (χ2v) is 6.16. The van der Waals surface area contributed by atoms with Crippen LogP contribution in [0.25, 0.3) is 16.6 Å². The van der Waals surface area contributed by atoms with E-state index in [0.717, 1.165) is 33.4 Å². The molecule has 4 aromatic rings. The van der Waals surface area contributed by atoms with Gasteiger partial charge in [0, 0.05) is 29.2 Å². The standard InChI is InChI=1S/C19H18N6O/c1-13-6-8-15(10-18(13)25-12-21-23-24-25)22-19(26)9-7-14-11-20-17-5-3-2-4-16(14)17/h2-6,8,10-12,20H,7,9H2,1H3,(H,22,26). The third-order valence-electron chi connectivity index (χ3n) is 4.39. The molecule has 4 rings (SSSR count). The molecule has 0 aliphatic carbocycles. The minimum atomic E-state index is -0.0261. The Balaban J connectivity index is 1.44. The minimum absolute atomic E-state index is 0.0261. The summed E-state index contributed by atoms with van der Waals surface area (Å²) >= 11 is 0. The summed E-state index contributed by atoms with van der Waals surface area (Å²) in [4.78, 5) is 15.6. The fourth-order valence-corrected chi connectivity index (χ4v) is 3.02. The Hall–Kier alpha value is -3.48. The monoisotopic (exact) mass is 346 g/mol. The molecule has 0 radical (unpaired) electrons. The number of amides is 1. The first-order valence-electron chi connectivity index (χ1n) is 8.39. The number of hydrogen-bond donors (Lipinski definition) is 2. The number of aromatic nitrogens is 5. The smallest absolute Gasteiger partial charge is 0.224 e. The number of rotatable bonds is 5. The highest BCUT2D eigenvalue weighted by Crippen LogP contribution is 2.21. The summed E-state index contributed by atoms with van der Waals surface area (Å²) in [5.41, 5.74) is 4.82. The highest BCUT2D eigenvalue weighted by atomic mass is 16.1. The van der Waals surface area contributed by atoms with Crippen molar-refractivity contribution in [1.82, 2.24) is 25.2 Å². The summed E-state index contributed by atoms with van der Waals surface area (Å²) < 4.78 is 1.58. The number of anilines is 1. The number of benzene rings is 2. The minimum Gasteiger partial charge on any atom is -0.361 e. The molecule has 0 saturated heterocycles. The fourth-order valence-electron chi connectivity index (χ4n) is 3.02. The first-order chi connectivity index (χ1) is 12.7. The summed E-state index contributed by atoms with van der Waals surface area (Å²) in [5, 5.41) is 15.3. The van der Waals surface area contributed by atoms with Gasteiger partial charge in [0.05, 0.1) is 5.69 Å². The summed E-state index contributed by atoms with van der Waals surface area (Å²) in [5.74, 6) is -0.0261. The molecule has 7 nitrogen and oxygen atoms in total. The van der Waals surface area contributed by atoms with Gasteiger partial charge < -0.3 is 10.3 Å². The van der Waals surface area contributed by atoms with E-state index in [0.29, 0.717) is 12.8 Å². The Labute approximate surface area is 150 Å². The van der Waals surface area contributed by atoms with Crippen molar-refractivity contribution in [3.8, 4) is 5.69 Å². The molecule has 0 saturated carbocycles. The Morgan fingerprint density at radius 3 is 2.96 bits per heavy atom. The Morgan fingerprint density at radius 1 is 1.23 bits per heavy atom. The number of nitrogens with one attached hydrogen (secondary N) is 2. The quantitative estimate of drug-likeness (QED) is 0.581. The lowest BCUT2D eigenvalue weighted by molar-refractivity contribution is -0.116. The van der Waals surface area contributed by atoms with Crippen molar-refractivity contribution in [1.29, 1.82) is 0 Å². The molecular weight excluding hydrogens is 328 g/mol. The number of tetrazole rings is 1. The second-order valence-electron chi connectivity index (χ2n) is 6.16. The number of carbonyl (C=O) groups is 1. The van der Waals surface area contributed by atoms with E-state index >= 15 is 0 Å². The van der Waals surface area contributed by atoms with Gasteiger partial charge in [-0.25, -0.2) is 4.68 Å². The average molecular weight is 346 g/mol. The molecule has 2 heterocycles. The molecule has 0 aliphatic heterocycles. The van der Waals surface area contributed by atoms with Gasteiger partial charge in [-0.05, 0) is 53.1 Å². The number of para-hydroxylation sites is 1. The molecule has 0 spiro atoms. The lowest BCUT2D eigenvalue weighted by Crippen LogP contribution is -2.13. The van der Waals surface area contributed by atoms with E-state index in [2.05, 4.69) is 31.9 Å². The predicted octanol–water partition coefficient (Wildman–Crippen LogP) is 3.02. The SMILES string of the molecule is Cc1ccc(NC(=O)CCc2c[nH]c3ccccc23)cc1-n1cnnn1. The number of hydrogen-bond acceptors (Lipinski definition) is 4. The van der Waals surface area contributed by atoms with Crippen LogP contribution in [-0.2, 0) is 11.2 Å². The molecule has 7 heteroatoms. The molecule has 0 bridgehead atoms. The van der Waals surface area contributed by atoms with Crippen molar-refractivity contribution < 1.29 is 4.79 Å². The zero-order valence-corrected chi connectivity index (χ0v) is 14.3. The van der Waals surface area contributed by atoms with Gasteiger partial charge in [-0.1, -0.05) is 24.3 Å². The third-order valence-corrected chi connectivity index (χ3v) is 4.39. The van der Waals surface area contributed by atoms with Gasteiger partial charge in [0.1, 0.15) is 6.33 Å². The van der Waals surface area contributed by atoms with Crippen LogP contribution in [0.15, 0.2) is 55.0 Å². The predicted molar refractivity (Wildman–Crippen MR) is 99.1 cm³/mol. The molecule has 2 aromatic carbocycles. The van der Waals surface area contributed by atoms with Gasteiger partial charge in [-0.3, -0.25) is 4.79 Å². The van der Waals surface area contributed by atoms with E-state index in [1.807, 2.05) is 49.5 Å². The van der Waals surface area contributed by atoms with E-state index < -0.39 is 0 Å². The highest BCUT2D eigenvalue weighted by molar-refractivity contribution is 5.92. The topological polar surface area (TPSA) is 88.5 Å². The van der Waals surface area contributed by atoms with Crippen molar-refractivity contribution in [3.05, 3.63) is 66.1 Å². The summed E-state index contributed by atoms with van der Waals surface area (Å²) in [6.07, 6.45) is 4.60. The Kier molecular flexibility index (Phi) is 4.18. The average Bonchev–Trinajstić information content (AvgIpc) is 3.31.